The molecule has 0 heterocycles. The van der Waals surface area contributed by atoms with E-state index in [1.807, 2.05) is 0 Å². The van der Waals surface area contributed by atoms with Gasteiger partial charge >= 0.3 is 0 Å². The molecule has 0 spiro atoms. The van der Waals surface area contributed by atoms with Crippen LogP contribution < -0.4 is 21.2 Å². The van der Waals surface area contributed by atoms with E-state index in [2.05, 4.69) is 158 Å². The van der Waals surface area contributed by atoms with Crippen molar-refractivity contribution in [2.75, 3.05) is 0 Å². The Kier molecular flexibility index (Phi) is 7.42. The fourth-order valence-electron chi connectivity index (χ4n) is 4.06. The second kappa shape index (κ2) is 11.2. The Morgan fingerprint density at radius 3 is 0.912 bits per heavy atom. The van der Waals surface area contributed by atoms with E-state index < -0.39 is 15.8 Å². The first-order chi connectivity index (χ1) is 16.9. The molecule has 0 aliphatic heterocycles. The molecule has 0 saturated heterocycles. The first kappa shape index (κ1) is 22.5. The van der Waals surface area contributed by atoms with Crippen molar-refractivity contribution in [3.05, 3.63) is 162 Å². The quantitative estimate of drug-likeness (QED) is 0.219. The van der Waals surface area contributed by atoms with Crippen molar-refractivity contribution >= 4 is 43.1 Å². The van der Waals surface area contributed by atoms with Crippen LogP contribution in [0, 0.1) is 0 Å². The number of benzene rings is 5. The molecule has 164 valence electrons. The largest absolute Gasteiger partial charge is 0.0622 e. The highest BCUT2D eigenvalue weighted by atomic mass is 31.2. The second-order valence-corrected chi connectivity index (χ2v) is 12.6. The zero-order chi connectivity index (χ0) is 23.0. The van der Waals surface area contributed by atoms with E-state index in [9.17, 15) is 0 Å². The molecule has 0 atom stereocenters. The van der Waals surface area contributed by atoms with Crippen LogP contribution in [0.15, 0.2) is 157 Å². The first-order valence-electron chi connectivity index (χ1n) is 11.5. The van der Waals surface area contributed by atoms with Gasteiger partial charge in [-0.25, -0.2) is 0 Å². The highest BCUT2D eigenvalue weighted by Crippen LogP contribution is 2.60. The van der Waals surface area contributed by atoms with Crippen molar-refractivity contribution in [3.63, 3.8) is 0 Å². The Bertz CT molecular complexity index is 1150. The van der Waals surface area contributed by atoms with Gasteiger partial charge in [-0.1, -0.05) is 152 Å². The van der Waals surface area contributed by atoms with E-state index in [-0.39, 0.29) is 0 Å². The van der Waals surface area contributed by atoms with E-state index in [0.717, 1.165) is 0 Å². The van der Waals surface area contributed by atoms with Crippen molar-refractivity contribution in [1.29, 1.82) is 0 Å². The van der Waals surface area contributed by atoms with E-state index in [1.54, 1.807) is 0 Å². The maximum atomic E-state index is 2.46. The molecule has 5 aromatic carbocycles. The van der Waals surface area contributed by atoms with Gasteiger partial charge in [-0.05, 0) is 53.8 Å². The molecule has 2 heteroatoms. The number of rotatable bonds is 7. The van der Waals surface area contributed by atoms with Crippen LogP contribution in [0.25, 0.3) is 6.08 Å². The summed E-state index contributed by atoms with van der Waals surface area (Å²) in [5.41, 5.74) is 1.25. The lowest BCUT2D eigenvalue weighted by Crippen LogP contribution is -2.18. The topological polar surface area (TPSA) is 0 Å². The molecule has 0 aliphatic rings. The second-order valence-electron chi connectivity index (χ2n) is 7.93. The van der Waals surface area contributed by atoms with Crippen LogP contribution in [0.3, 0.4) is 0 Å². The van der Waals surface area contributed by atoms with Crippen molar-refractivity contribution in [2.24, 2.45) is 0 Å². The molecule has 0 unspecified atom stereocenters. The molecule has 0 radical (unpaired) electrons. The summed E-state index contributed by atoms with van der Waals surface area (Å²) in [4.78, 5) is 0. The minimum atomic E-state index is -0.735. The summed E-state index contributed by atoms with van der Waals surface area (Å²) in [5, 5.41) is 7.01. The summed E-state index contributed by atoms with van der Waals surface area (Å²) in [6, 6.07) is 54.9. The van der Waals surface area contributed by atoms with Crippen LogP contribution in [0.2, 0.25) is 0 Å². The van der Waals surface area contributed by atoms with Gasteiger partial charge in [0.05, 0.1) is 0 Å². The highest BCUT2D eigenvalue weighted by Gasteiger charge is 2.28. The molecule has 0 fully saturated rings. The van der Waals surface area contributed by atoms with Gasteiger partial charge < -0.3 is 0 Å². The standard InChI is InChI=1S/C32H26P2/c1-6-16-27(17-7-1)26-32(33(28-18-8-2-9-19-28)29-20-10-3-11-21-29)34(30-22-12-4-13-23-30)31-24-14-5-15-25-31/h1-26H. The average molecular weight is 473 g/mol. The fourth-order valence-corrected chi connectivity index (χ4v) is 10.3. The Balaban J connectivity index is 1.80. The Hall–Kier alpha value is -3.30. The molecule has 5 rings (SSSR count). The summed E-state index contributed by atoms with van der Waals surface area (Å²) in [6.07, 6.45) is 2.46. The summed E-state index contributed by atoms with van der Waals surface area (Å²) in [5.74, 6) is 0. The highest BCUT2D eigenvalue weighted by molar-refractivity contribution is 7.95. The molecular formula is C32H26P2. The average Bonchev–Trinajstić information content (AvgIpc) is 2.92. The first-order valence-corrected chi connectivity index (χ1v) is 14.2. The molecule has 0 amide bonds. The molecule has 0 aliphatic carbocycles. The molecule has 0 bridgehead atoms. The van der Waals surface area contributed by atoms with Crippen LogP contribution >= 0.6 is 15.8 Å². The Morgan fingerprint density at radius 2 is 0.618 bits per heavy atom. The van der Waals surface area contributed by atoms with Gasteiger partial charge in [0, 0.05) is 0 Å². The van der Waals surface area contributed by atoms with Crippen LogP contribution in [0.1, 0.15) is 5.56 Å². The minimum absolute atomic E-state index is 0.735. The lowest BCUT2D eigenvalue weighted by molar-refractivity contribution is 1.66. The van der Waals surface area contributed by atoms with Gasteiger partial charge in [0.15, 0.2) is 0 Å². The molecule has 0 N–H and O–H groups in total. The Morgan fingerprint density at radius 1 is 0.353 bits per heavy atom. The molecule has 0 nitrogen and oxygen atoms in total. The van der Waals surface area contributed by atoms with Crippen LogP contribution in [-0.2, 0) is 0 Å². The lowest BCUT2D eigenvalue weighted by Gasteiger charge is -2.30. The summed E-state index contributed by atoms with van der Waals surface area (Å²) >= 11 is 0. The molecular weight excluding hydrogens is 446 g/mol. The van der Waals surface area contributed by atoms with E-state index >= 15 is 0 Å². The van der Waals surface area contributed by atoms with Gasteiger partial charge in [-0.2, -0.15) is 0 Å². The monoisotopic (exact) mass is 472 g/mol. The smallest absolute Gasteiger partial charge is 0.00401 e. The maximum Gasteiger partial charge on any atom is -0.00401 e. The zero-order valence-electron chi connectivity index (χ0n) is 18.9. The molecule has 5 aromatic rings. The van der Waals surface area contributed by atoms with E-state index in [1.165, 1.54) is 31.8 Å². The SMILES string of the molecule is C(=C(P(c1ccccc1)c1ccccc1)P(c1ccccc1)c1ccccc1)c1ccccc1. The number of hydrogen-bond acceptors (Lipinski definition) is 0. The molecule has 0 aromatic heterocycles. The van der Waals surface area contributed by atoms with Crippen molar-refractivity contribution in [3.8, 4) is 0 Å². The van der Waals surface area contributed by atoms with E-state index in [0.29, 0.717) is 0 Å². The number of hydrogen-bond donors (Lipinski definition) is 0. The summed E-state index contributed by atoms with van der Waals surface area (Å²) in [7, 11) is -1.47. The maximum absolute atomic E-state index is 2.46. The third kappa shape index (κ3) is 5.26. The van der Waals surface area contributed by atoms with Gasteiger partial charge in [0.1, 0.15) is 0 Å². The third-order valence-corrected chi connectivity index (χ3v) is 11.2. The van der Waals surface area contributed by atoms with Gasteiger partial charge in [-0.3, -0.25) is 0 Å². The predicted molar refractivity (Wildman–Crippen MR) is 153 cm³/mol. The Labute approximate surface area is 205 Å². The van der Waals surface area contributed by atoms with Crippen LogP contribution in [0.4, 0.5) is 0 Å². The fraction of sp³-hybridized carbons (Fsp3) is 0. The summed E-state index contributed by atoms with van der Waals surface area (Å²) < 4.78 is 0. The van der Waals surface area contributed by atoms with Crippen molar-refractivity contribution in [1.82, 2.24) is 0 Å². The normalized spacial score (nSPS) is 10.9. The van der Waals surface area contributed by atoms with Gasteiger partial charge in [0.2, 0.25) is 0 Å². The lowest BCUT2D eigenvalue weighted by atomic mass is 10.2. The molecule has 0 saturated carbocycles. The van der Waals surface area contributed by atoms with Gasteiger partial charge in [-0.15, -0.1) is 0 Å². The summed E-state index contributed by atoms with van der Waals surface area (Å²) in [6.45, 7) is 0. The third-order valence-electron chi connectivity index (χ3n) is 5.61. The van der Waals surface area contributed by atoms with Crippen molar-refractivity contribution in [2.45, 2.75) is 0 Å². The minimum Gasteiger partial charge on any atom is -0.0622 e. The van der Waals surface area contributed by atoms with Crippen LogP contribution in [-0.4, -0.2) is 0 Å². The van der Waals surface area contributed by atoms with Gasteiger partial charge in [0.25, 0.3) is 0 Å². The molecule has 34 heavy (non-hydrogen) atoms. The van der Waals surface area contributed by atoms with E-state index in [4.69, 9.17) is 0 Å². The van der Waals surface area contributed by atoms with Crippen LogP contribution in [0.5, 0.6) is 0 Å². The predicted octanol–water partition coefficient (Wildman–Crippen LogP) is 7.25. The zero-order valence-corrected chi connectivity index (χ0v) is 20.7. The van der Waals surface area contributed by atoms with Crippen molar-refractivity contribution < 1.29 is 0 Å².